The number of aryl methyl sites for hydroxylation is 1. The van der Waals surface area contributed by atoms with Gasteiger partial charge in [-0.15, -0.1) is 11.3 Å². The summed E-state index contributed by atoms with van der Waals surface area (Å²) in [5, 5.41) is 0. The van der Waals surface area contributed by atoms with E-state index >= 15 is 0 Å². The smallest absolute Gasteiger partial charge is 0.265 e. The van der Waals surface area contributed by atoms with E-state index in [2.05, 4.69) is 14.9 Å². The molecule has 1 aliphatic rings. The van der Waals surface area contributed by atoms with Gasteiger partial charge in [0, 0.05) is 32.4 Å². The molecule has 0 aliphatic carbocycles. The van der Waals surface area contributed by atoms with Crippen molar-refractivity contribution in [3.05, 3.63) is 34.5 Å². The van der Waals surface area contributed by atoms with E-state index in [0.29, 0.717) is 18.8 Å². The lowest BCUT2D eigenvalue weighted by Crippen LogP contribution is -2.49. The highest BCUT2D eigenvalue weighted by Gasteiger charge is 2.25. The Morgan fingerprint density at radius 3 is 2.71 bits per heavy atom. The standard InChI is InChI=1S/C14H17N5OS/c1-10-13(21-9-17-10)14(20)19-6-4-18(5-7-19)12-2-3-16-8-11(12)15/h2-3,8-9H,4-7,15H2,1H3. The number of anilines is 2. The van der Waals surface area contributed by atoms with Gasteiger partial charge in [-0.3, -0.25) is 9.78 Å². The second-order valence-corrected chi connectivity index (χ2v) is 5.84. The lowest BCUT2D eigenvalue weighted by atomic mass is 10.2. The normalized spacial score (nSPS) is 15.3. The predicted octanol–water partition coefficient (Wildman–Crippen LogP) is 1.39. The van der Waals surface area contributed by atoms with E-state index in [1.54, 1.807) is 17.9 Å². The number of nitrogens with two attached hydrogens (primary N) is 1. The number of piperazine rings is 1. The Bertz CT molecular complexity index is 648. The number of nitrogens with zero attached hydrogens (tertiary/aromatic N) is 4. The largest absolute Gasteiger partial charge is 0.396 e. The molecule has 0 atom stereocenters. The fraction of sp³-hybridized carbons (Fsp3) is 0.357. The fourth-order valence-electron chi connectivity index (χ4n) is 2.49. The molecule has 3 rings (SSSR count). The van der Waals surface area contributed by atoms with Gasteiger partial charge in [-0.2, -0.15) is 0 Å². The summed E-state index contributed by atoms with van der Waals surface area (Å²) in [4.78, 5) is 25.4. The molecule has 0 spiro atoms. The zero-order valence-corrected chi connectivity index (χ0v) is 12.6. The van der Waals surface area contributed by atoms with Crippen molar-refractivity contribution in [2.45, 2.75) is 6.92 Å². The van der Waals surface area contributed by atoms with E-state index in [9.17, 15) is 4.79 Å². The average molecular weight is 303 g/mol. The van der Waals surface area contributed by atoms with Crippen molar-refractivity contribution in [3.8, 4) is 0 Å². The molecule has 0 bridgehead atoms. The van der Waals surface area contributed by atoms with Gasteiger partial charge >= 0.3 is 0 Å². The van der Waals surface area contributed by atoms with Crippen LogP contribution in [0.25, 0.3) is 0 Å². The van der Waals surface area contributed by atoms with Crippen LogP contribution in [0.2, 0.25) is 0 Å². The van der Waals surface area contributed by atoms with Crippen molar-refractivity contribution in [1.82, 2.24) is 14.9 Å². The highest BCUT2D eigenvalue weighted by molar-refractivity contribution is 7.11. The quantitative estimate of drug-likeness (QED) is 0.907. The molecule has 1 amide bonds. The number of carbonyl (C=O) groups excluding carboxylic acids is 1. The number of amides is 1. The number of nitrogen functional groups attached to an aromatic ring is 1. The third kappa shape index (κ3) is 2.69. The van der Waals surface area contributed by atoms with Gasteiger partial charge in [-0.25, -0.2) is 4.98 Å². The maximum absolute atomic E-state index is 12.4. The van der Waals surface area contributed by atoms with Crippen molar-refractivity contribution < 1.29 is 4.79 Å². The molecule has 7 heteroatoms. The number of hydrogen-bond acceptors (Lipinski definition) is 6. The van der Waals surface area contributed by atoms with Crippen LogP contribution in [0.15, 0.2) is 24.0 Å². The van der Waals surface area contributed by atoms with Crippen molar-refractivity contribution in [2.24, 2.45) is 0 Å². The molecule has 21 heavy (non-hydrogen) atoms. The van der Waals surface area contributed by atoms with E-state index in [1.807, 2.05) is 17.9 Å². The summed E-state index contributed by atoms with van der Waals surface area (Å²) in [6.45, 7) is 4.81. The summed E-state index contributed by atoms with van der Waals surface area (Å²) in [7, 11) is 0. The van der Waals surface area contributed by atoms with E-state index in [0.717, 1.165) is 29.3 Å². The van der Waals surface area contributed by atoms with Gasteiger partial charge in [-0.05, 0) is 13.0 Å². The van der Waals surface area contributed by atoms with Crippen LogP contribution in [0, 0.1) is 6.92 Å². The van der Waals surface area contributed by atoms with Gasteiger partial charge in [0.05, 0.1) is 28.8 Å². The molecule has 110 valence electrons. The minimum absolute atomic E-state index is 0.0809. The first-order valence-electron chi connectivity index (χ1n) is 6.80. The van der Waals surface area contributed by atoms with Gasteiger partial charge in [0.25, 0.3) is 5.91 Å². The molecule has 1 aliphatic heterocycles. The molecule has 6 nitrogen and oxygen atoms in total. The van der Waals surface area contributed by atoms with Crippen LogP contribution in [0.4, 0.5) is 11.4 Å². The van der Waals surface area contributed by atoms with Crippen molar-refractivity contribution in [3.63, 3.8) is 0 Å². The topological polar surface area (TPSA) is 75.4 Å². The molecular formula is C14H17N5OS. The minimum atomic E-state index is 0.0809. The molecule has 3 heterocycles. The highest BCUT2D eigenvalue weighted by atomic mass is 32.1. The Morgan fingerprint density at radius 2 is 2.10 bits per heavy atom. The Hall–Kier alpha value is -2.15. The molecule has 0 unspecified atom stereocenters. The summed E-state index contributed by atoms with van der Waals surface area (Å²) in [5.74, 6) is 0.0809. The zero-order valence-electron chi connectivity index (χ0n) is 11.8. The average Bonchev–Trinajstić information content (AvgIpc) is 2.93. The Balaban J connectivity index is 1.67. The molecule has 2 N–H and O–H groups in total. The van der Waals surface area contributed by atoms with Crippen LogP contribution in [-0.2, 0) is 0 Å². The number of rotatable bonds is 2. The summed E-state index contributed by atoms with van der Waals surface area (Å²) in [6, 6.07) is 1.92. The summed E-state index contributed by atoms with van der Waals surface area (Å²) in [5.41, 5.74) is 10.1. The van der Waals surface area contributed by atoms with Crippen LogP contribution < -0.4 is 10.6 Å². The molecule has 0 saturated carbocycles. The monoisotopic (exact) mass is 303 g/mol. The first kappa shape index (κ1) is 13.8. The number of hydrogen-bond donors (Lipinski definition) is 1. The fourth-order valence-corrected chi connectivity index (χ4v) is 3.26. The Morgan fingerprint density at radius 1 is 1.33 bits per heavy atom. The van der Waals surface area contributed by atoms with Gasteiger partial charge in [-0.1, -0.05) is 0 Å². The maximum Gasteiger partial charge on any atom is 0.265 e. The van der Waals surface area contributed by atoms with Crippen LogP contribution in [0.1, 0.15) is 15.4 Å². The number of pyridine rings is 1. The van der Waals surface area contributed by atoms with Gasteiger partial charge in [0.15, 0.2) is 0 Å². The summed E-state index contributed by atoms with van der Waals surface area (Å²) < 4.78 is 0. The van der Waals surface area contributed by atoms with E-state index in [1.165, 1.54) is 11.3 Å². The maximum atomic E-state index is 12.4. The van der Waals surface area contributed by atoms with Crippen LogP contribution in [0.5, 0.6) is 0 Å². The van der Waals surface area contributed by atoms with Gasteiger partial charge in [0.2, 0.25) is 0 Å². The Kier molecular flexibility index (Phi) is 3.74. The minimum Gasteiger partial charge on any atom is -0.396 e. The highest BCUT2D eigenvalue weighted by Crippen LogP contribution is 2.23. The van der Waals surface area contributed by atoms with Crippen LogP contribution >= 0.6 is 11.3 Å². The van der Waals surface area contributed by atoms with E-state index < -0.39 is 0 Å². The van der Waals surface area contributed by atoms with Gasteiger partial charge < -0.3 is 15.5 Å². The predicted molar refractivity (Wildman–Crippen MR) is 83.6 cm³/mol. The van der Waals surface area contributed by atoms with Crippen LogP contribution in [0.3, 0.4) is 0 Å². The number of carbonyl (C=O) groups is 1. The van der Waals surface area contributed by atoms with Crippen molar-refractivity contribution in [2.75, 3.05) is 36.8 Å². The molecule has 0 radical (unpaired) electrons. The van der Waals surface area contributed by atoms with Crippen molar-refractivity contribution in [1.29, 1.82) is 0 Å². The molecule has 1 fully saturated rings. The molecular weight excluding hydrogens is 286 g/mol. The Labute approximate surface area is 127 Å². The number of aromatic nitrogens is 2. The third-order valence-electron chi connectivity index (χ3n) is 3.68. The molecule has 1 saturated heterocycles. The lowest BCUT2D eigenvalue weighted by Gasteiger charge is -2.36. The molecule has 2 aromatic heterocycles. The molecule has 0 aromatic carbocycles. The lowest BCUT2D eigenvalue weighted by molar-refractivity contribution is 0.0751. The van der Waals surface area contributed by atoms with E-state index in [-0.39, 0.29) is 5.91 Å². The number of thiazole rings is 1. The van der Waals surface area contributed by atoms with Crippen molar-refractivity contribution >= 4 is 28.6 Å². The first-order valence-corrected chi connectivity index (χ1v) is 7.68. The second-order valence-electron chi connectivity index (χ2n) is 4.98. The third-order valence-corrected chi connectivity index (χ3v) is 4.59. The summed E-state index contributed by atoms with van der Waals surface area (Å²) >= 11 is 1.41. The first-order chi connectivity index (χ1) is 10.2. The molecule has 2 aromatic rings. The SMILES string of the molecule is Cc1ncsc1C(=O)N1CCN(c2ccncc2N)CC1. The zero-order chi connectivity index (χ0) is 14.8. The van der Waals surface area contributed by atoms with E-state index in [4.69, 9.17) is 5.73 Å². The van der Waals surface area contributed by atoms with Crippen LogP contribution in [-0.4, -0.2) is 47.0 Å². The summed E-state index contributed by atoms with van der Waals surface area (Å²) in [6.07, 6.45) is 3.40. The van der Waals surface area contributed by atoms with Gasteiger partial charge in [0.1, 0.15) is 4.88 Å². The second kappa shape index (κ2) is 5.69.